The summed E-state index contributed by atoms with van der Waals surface area (Å²) in [7, 11) is 0. The predicted molar refractivity (Wildman–Crippen MR) is 103 cm³/mol. The summed E-state index contributed by atoms with van der Waals surface area (Å²) in [4.78, 5) is 14.1. The van der Waals surface area contributed by atoms with E-state index in [-0.39, 0.29) is 0 Å². The average Bonchev–Trinajstić information content (AvgIpc) is 2.92. The highest BCUT2D eigenvalue weighted by molar-refractivity contribution is 5.70. The van der Waals surface area contributed by atoms with Gasteiger partial charge in [-0.25, -0.2) is 9.18 Å². The van der Waals surface area contributed by atoms with E-state index < -0.39 is 36.2 Å². The maximum atomic E-state index is 14.0. The van der Waals surface area contributed by atoms with E-state index in [0.29, 0.717) is 0 Å². The summed E-state index contributed by atoms with van der Waals surface area (Å²) in [6.45, 7) is 8.09. The first-order valence-electron chi connectivity index (χ1n) is 9.26. The number of amides is 1. The molecule has 0 bridgehead atoms. The lowest BCUT2D eigenvalue weighted by atomic mass is 10.0. The van der Waals surface area contributed by atoms with Crippen LogP contribution in [0.1, 0.15) is 46.3 Å². The van der Waals surface area contributed by atoms with Crippen molar-refractivity contribution < 1.29 is 18.7 Å². The number of aromatic nitrogens is 2. The lowest BCUT2D eigenvalue weighted by molar-refractivity contribution is -0.0797. The Morgan fingerprint density at radius 2 is 1.93 bits per heavy atom. The fraction of sp³-hybridized carbons (Fsp3) is 0.476. The van der Waals surface area contributed by atoms with Crippen molar-refractivity contribution in [2.75, 3.05) is 6.67 Å². The van der Waals surface area contributed by atoms with Crippen molar-refractivity contribution in [2.24, 2.45) is 0 Å². The minimum atomic E-state index is -0.993. The second-order valence-electron chi connectivity index (χ2n) is 8.29. The zero-order valence-electron chi connectivity index (χ0n) is 16.8. The fourth-order valence-corrected chi connectivity index (χ4v) is 3.39. The van der Waals surface area contributed by atoms with Crippen LogP contribution in [-0.2, 0) is 9.47 Å². The van der Waals surface area contributed by atoms with Gasteiger partial charge >= 0.3 is 6.09 Å². The Hall–Kier alpha value is -2.54. The second kappa shape index (κ2) is 7.47. The van der Waals surface area contributed by atoms with Gasteiger partial charge in [-0.3, -0.25) is 4.90 Å². The number of benzene rings is 1. The maximum Gasteiger partial charge on any atom is 0.413 e. The normalized spacial score (nSPS) is 21.6. The van der Waals surface area contributed by atoms with Crippen molar-refractivity contribution in [1.29, 1.82) is 0 Å². The topological polar surface area (TPSA) is 64.5 Å². The predicted octanol–water partition coefficient (Wildman–Crippen LogP) is 4.53. The summed E-state index contributed by atoms with van der Waals surface area (Å²) in [5.41, 5.74) is 0.765. The van der Waals surface area contributed by atoms with E-state index in [4.69, 9.17) is 9.47 Å². The molecule has 2 heterocycles. The highest BCUT2D eigenvalue weighted by Crippen LogP contribution is 2.42. The molecule has 1 fully saturated rings. The van der Waals surface area contributed by atoms with Gasteiger partial charge in [0.25, 0.3) is 0 Å². The van der Waals surface area contributed by atoms with Gasteiger partial charge < -0.3 is 9.47 Å². The van der Waals surface area contributed by atoms with Gasteiger partial charge in [-0.2, -0.15) is 10.2 Å². The molecule has 3 rings (SSSR count). The molecular formula is C21H26FN3O3. The van der Waals surface area contributed by atoms with E-state index in [1.807, 2.05) is 36.4 Å². The van der Waals surface area contributed by atoms with Crippen molar-refractivity contribution in [1.82, 2.24) is 15.1 Å². The molecule has 0 unspecified atom stereocenters. The van der Waals surface area contributed by atoms with E-state index in [1.54, 1.807) is 40.8 Å². The van der Waals surface area contributed by atoms with E-state index in [2.05, 4.69) is 10.2 Å². The van der Waals surface area contributed by atoms with Crippen molar-refractivity contribution in [2.45, 2.75) is 58.1 Å². The molecule has 0 radical (unpaired) electrons. The first-order valence-corrected chi connectivity index (χ1v) is 9.26. The SMILES string of the molecule is CC(C)(C)OC(=O)N1[C@H](CF)[C@@H](c2ccc(-c3cccnn3)cc2)OC1(C)C. The first kappa shape index (κ1) is 20.2. The molecule has 1 aliphatic heterocycles. The largest absolute Gasteiger partial charge is 0.444 e. The summed E-state index contributed by atoms with van der Waals surface area (Å²) in [6.07, 6.45) is 0.436. The van der Waals surface area contributed by atoms with Crippen LogP contribution < -0.4 is 0 Å². The number of nitrogens with zero attached hydrogens (tertiary/aromatic N) is 3. The van der Waals surface area contributed by atoms with Crippen LogP contribution in [0.5, 0.6) is 0 Å². The minimum absolute atomic E-state index is 0.584. The van der Waals surface area contributed by atoms with Crippen molar-refractivity contribution >= 4 is 6.09 Å². The molecule has 0 saturated carbocycles. The van der Waals surface area contributed by atoms with E-state index in [1.165, 1.54) is 4.90 Å². The maximum absolute atomic E-state index is 14.0. The third-order valence-corrected chi connectivity index (χ3v) is 4.53. The van der Waals surface area contributed by atoms with Gasteiger partial charge in [0, 0.05) is 11.8 Å². The Morgan fingerprint density at radius 1 is 1.25 bits per heavy atom. The van der Waals surface area contributed by atoms with Crippen LogP contribution >= 0.6 is 0 Å². The van der Waals surface area contributed by atoms with Crippen LogP contribution in [0.2, 0.25) is 0 Å². The van der Waals surface area contributed by atoms with Crippen molar-refractivity contribution in [3.05, 3.63) is 48.2 Å². The zero-order chi connectivity index (χ0) is 20.5. The van der Waals surface area contributed by atoms with E-state index >= 15 is 0 Å². The van der Waals surface area contributed by atoms with E-state index in [0.717, 1.165) is 16.8 Å². The molecule has 7 heteroatoms. The number of carbonyl (C=O) groups excluding carboxylic acids is 1. The summed E-state index contributed by atoms with van der Waals surface area (Å²) in [5, 5.41) is 7.97. The molecule has 0 N–H and O–H groups in total. The Kier molecular flexibility index (Phi) is 5.39. The molecule has 2 atom stereocenters. The number of alkyl halides is 1. The zero-order valence-corrected chi connectivity index (χ0v) is 16.8. The summed E-state index contributed by atoms with van der Waals surface area (Å²) in [5.74, 6) is 0. The molecule has 1 saturated heterocycles. The highest BCUT2D eigenvalue weighted by Gasteiger charge is 2.51. The lowest BCUT2D eigenvalue weighted by Gasteiger charge is -2.34. The number of carbonyl (C=O) groups is 1. The molecular weight excluding hydrogens is 361 g/mol. The lowest BCUT2D eigenvalue weighted by Crippen LogP contribution is -2.50. The third kappa shape index (κ3) is 4.14. The standard InChI is InChI=1S/C21H26FN3O3/c1-20(2,3)28-19(26)25-17(13-22)18(27-21(25,4)5)15-10-8-14(9-11-15)16-7-6-12-23-24-16/h6-12,17-18H,13H2,1-5H3/t17-,18-/m1/s1. The quantitative estimate of drug-likeness (QED) is 0.774. The Morgan fingerprint density at radius 3 is 2.46 bits per heavy atom. The molecule has 0 spiro atoms. The van der Waals surface area contributed by atoms with Crippen LogP contribution in [0.3, 0.4) is 0 Å². The molecule has 28 heavy (non-hydrogen) atoms. The van der Waals surface area contributed by atoms with Gasteiger partial charge in [0.1, 0.15) is 24.1 Å². The molecule has 0 aliphatic carbocycles. The molecule has 1 amide bonds. The van der Waals surface area contributed by atoms with Gasteiger partial charge in [-0.05, 0) is 52.3 Å². The molecule has 150 valence electrons. The Bertz CT molecular complexity index is 819. The van der Waals surface area contributed by atoms with Crippen LogP contribution in [0.25, 0.3) is 11.3 Å². The van der Waals surface area contributed by atoms with Crippen molar-refractivity contribution in [3.63, 3.8) is 0 Å². The fourth-order valence-electron chi connectivity index (χ4n) is 3.39. The van der Waals surface area contributed by atoms with Crippen LogP contribution in [0.4, 0.5) is 9.18 Å². The summed E-state index contributed by atoms with van der Waals surface area (Å²) >= 11 is 0. The van der Waals surface area contributed by atoms with Gasteiger partial charge in [0.15, 0.2) is 0 Å². The number of ether oxygens (including phenoxy) is 2. The smallest absolute Gasteiger partial charge is 0.413 e. The number of hydrogen-bond donors (Lipinski definition) is 0. The van der Waals surface area contributed by atoms with Crippen LogP contribution in [0, 0.1) is 0 Å². The average molecular weight is 387 g/mol. The number of halogens is 1. The highest BCUT2D eigenvalue weighted by atomic mass is 19.1. The molecule has 1 aromatic carbocycles. The van der Waals surface area contributed by atoms with Crippen LogP contribution in [-0.4, -0.2) is 45.2 Å². The third-order valence-electron chi connectivity index (χ3n) is 4.53. The minimum Gasteiger partial charge on any atom is -0.444 e. The van der Waals surface area contributed by atoms with Gasteiger partial charge in [0.2, 0.25) is 0 Å². The molecule has 1 aromatic heterocycles. The van der Waals surface area contributed by atoms with Gasteiger partial charge in [0.05, 0.1) is 11.7 Å². The Labute approximate surface area is 164 Å². The van der Waals surface area contributed by atoms with Gasteiger partial charge in [-0.15, -0.1) is 0 Å². The van der Waals surface area contributed by atoms with E-state index in [9.17, 15) is 9.18 Å². The number of rotatable bonds is 3. The monoisotopic (exact) mass is 387 g/mol. The number of hydrogen-bond acceptors (Lipinski definition) is 5. The molecule has 2 aromatic rings. The van der Waals surface area contributed by atoms with Crippen molar-refractivity contribution in [3.8, 4) is 11.3 Å². The first-order chi connectivity index (χ1) is 13.1. The van der Waals surface area contributed by atoms with Crippen LogP contribution in [0.15, 0.2) is 42.6 Å². The summed E-state index contributed by atoms with van der Waals surface area (Å²) in [6, 6.07) is 10.4. The summed E-state index contributed by atoms with van der Waals surface area (Å²) < 4.78 is 25.6. The second-order valence-corrected chi connectivity index (χ2v) is 8.29. The molecule has 1 aliphatic rings. The Balaban J connectivity index is 1.87. The molecule has 6 nitrogen and oxygen atoms in total. The van der Waals surface area contributed by atoms with Gasteiger partial charge in [-0.1, -0.05) is 24.3 Å².